The number of hydrogen-bond acceptors (Lipinski definition) is 4. The second kappa shape index (κ2) is 9.57. The molecule has 0 saturated heterocycles. The van der Waals surface area contributed by atoms with E-state index in [1.54, 1.807) is 7.05 Å². The van der Waals surface area contributed by atoms with Gasteiger partial charge in [0.15, 0.2) is 5.78 Å². The first-order chi connectivity index (χ1) is 15.0. The third kappa shape index (κ3) is 4.96. The van der Waals surface area contributed by atoms with E-state index in [9.17, 15) is 9.59 Å². The van der Waals surface area contributed by atoms with E-state index in [1.807, 2.05) is 26.8 Å². The molecule has 1 atom stereocenters. The van der Waals surface area contributed by atoms with E-state index in [-0.39, 0.29) is 23.5 Å². The van der Waals surface area contributed by atoms with Crippen LogP contribution in [0.3, 0.4) is 0 Å². The van der Waals surface area contributed by atoms with Crippen molar-refractivity contribution in [3.8, 4) is 11.4 Å². The molecule has 1 aromatic carbocycles. The molecule has 1 amide bonds. The Labute approximate surface area is 192 Å². The Morgan fingerprint density at radius 3 is 2.47 bits per heavy atom. The van der Waals surface area contributed by atoms with Gasteiger partial charge in [0.2, 0.25) is 5.91 Å². The molecule has 0 bridgehead atoms. The molecule has 1 N–H and O–H groups in total. The number of amides is 1. The summed E-state index contributed by atoms with van der Waals surface area (Å²) in [7, 11) is 3.71. The van der Waals surface area contributed by atoms with Crippen LogP contribution in [0.4, 0.5) is 0 Å². The fourth-order valence-electron chi connectivity index (χ4n) is 4.60. The maximum atomic E-state index is 13.6. The van der Waals surface area contributed by atoms with E-state index in [1.165, 1.54) is 5.56 Å². The number of ketones is 1. The topological polar surface area (TPSA) is 67.2 Å². The first-order valence-electron chi connectivity index (χ1n) is 11.7. The van der Waals surface area contributed by atoms with Crippen molar-refractivity contribution in [2.45, 2.75) is 66.5 Å². The minimum absolute atomic E-state index is 0.0548. The van der Waals surface area contributed by atoms with E-state index in [0.29, 0.717) is 18.2 Å². The molecule has 2 aromatic rings. The van der Waals surface area contributed by atoms with Gasteiger partial charge in [-0.15, -0.1) is 0 Å². The van der Waals surface area contributed by atoms with Crippen molar-refractivity contribution in [3.05, 3.63) is 41.2 Å². The number of hydrogen-bond donors (Lipinski definition) is 1. The van der Waals surface area contributed by atoms with E-state index in [4.69, 9.17) is 4.98 Å². The van der Waals surface area contributed by atoms with Crippen LogP contribution in [0.5, 0.6) is 0 Å². The molecule has 0 unspecified atom stereocenters. The summed E-state index contributed by atoms with van der Waals surface area (Å²) in [5.41, 5.74) is 3.48. The van der Waals surface area contributed by atoms with Gasteiger partial charge in [0.25, 0.3) is 0 Å². The van der Waals surface area contributed by atoms with Gasteiger partial charge in [0, 0.05) is 32.1 Å². The highest BCUT2D eigenvalue weighted by Crippen LogP contribution is 2.34. The minimum Gasteiger partial charge on any atom is -0.359 e. The van der Waals surface area contributed by atoms with Crippen molar-refractivity contribution < 1.29 is 9.59 Å². The third-order valence-electron chi connectivity index (χ3n) is 6.50. The van der Waals surface area contributed by atoms with Crippen LogP contribution < -0.4 is 5.32 Å². The summed E-state index contributed by atoms with van der Waals surface area (Å²) < 4.78 is 2.24. The molecule has 0 radical (unpaired) electrons. The standard InChI is InChI=1S/C26H38N4O2/c1-17(2)18-11-8-9-12-19(18)24-28-23(21-16-29(7)13-10-14-30(21)24)22(31)15-20(25(32)27-6)26(3,4)5/h8-9,11-12,17,20H,10,13-16H2,1-7H3,(H,27,32)/t20-/m1/s1. The molecule has 174 valence electrons. The number of fused-ring (bicyclic) bond motifs is 1. The second-order valence-corrected chi connectivity index (χ2v) is 10.4. The van der Waals surface area contributed by atoms with Gasteiger partial charge in [-0.25, -0.2) is 4.98 Å². The Morgan fingerprint density at radius 1 is 1.16 bits per heavy atom. The Bertz CT molecular complexity index is 984. The minimum atomic E-state index is -0.410. The summed E-state index contributed by atoms with van der Waals surface area (Å²) in [5.74, 6) is 0.659. The molecule has 0 saturated carbocycles. The van der Waals surface area contributed by atoms with Crippen LogP contribution in [0.25, 0.3) is 11.4 Å². The average molecular weight is 439 g/mol. The van der Waals surface area contributed by atoms with Crippen molar-refractivity contribution in [2.75, 3.05) is 20.6 Å². The number of Topliss-reactive ketones (excluding diaryl/α,β-unsaturated/α-hetero) is 1. The zero-order valence-corrected chi connectivity index (χ0v) is 20.7. The maximum absolute atomic E-state index is 13.6. The molecular formula is C26H38N4O2. The van der Waals surface area contributed by atoms with Crippen molar-refractivity contribution in [3.63, 3.8) is 0 Å². The molecule has 1 aliphatic heterocycles. The number of aromatic nitrogens is 2. The number of nitrogens with zero attached hydrogens (tertiary/aromatic N) is 3. The number of rotatable bonds is 6. The third-order valence-corrected chi connectivity index (χ3v) is 6.50. The van der Waals surface area contributed by atoms with Gasteiger partial charge in [-0.1, -0.05) is 58.9 Å². The van der Waals surface area contributed by atoms with Gasteiger partial charge in [-0.3, -0.25) is 9.59 Å². The summed E-state index contributed by atoms with van der Waals surface area (Å²) >= 11 is 0. The zero-order chi connectivity index (χ0) is 23.6. The van der Waals surface area contributed by atoms with Crippen molar-refractivity contribution in [2.24, 2.45) is 11.3 Å². The molecule has 0 aliphatic carbocycles. The number of carbonyl (C=O) groups is 2. The van der Waals surface area contributed by atoms with Gasteiger partial charge in [0.1, 0.15) is 11.5 Å². The molecule has 1 aliphatic rings. The average Bonchev–Trinajstić information content (AvgIpc) is 2.96. The summed E-state index contributed by atoms with van der Waals surface area (Å²) in [5, 5.41) is 2.73. The number of nitrogens with one attached hydrogen (secondary N) is 1. The van der Waals surface area contributed by atoms with Crippen LogP contribution >= 0.6 is 0 Å². The predicted octanol–water partition coefficient (Wildman–Crippen LogP) is 4.49. The van der Waals surface area contributed by atoms with Gasteiger partial charge in [-0.2, -0.15) is 0 Å². The van der Waals surface area contributed by atoms with Crippen LogP contribution in [0.15, 0.2) is 24.3 Å². The summed E-state index contributed by atoms with van der Waals surface area (Å²) in [6.07, 6.45) is 1.16. The van der Waals surface area contributed by atoms with E-state index < -0.39 is 5.92 Å². The molecule has 2 heterocycles. The Balaban J connectivity index is 2.11. The lowest BCUT2D eigenvalue weighted by atomic mass is 9.77. The molecule has 6 nitrogen and oxygen atoms in total. The van der Waals surface area contributed by atoms with Gasteiger partial charge in [-0.05, 0) is 36.9 Å². The molecule has 0 spiro atoms. The second-order valence-electron chi connectivity index (χ2n) is 10.4. The summed E-state index contributed by atoms with van der Waals surface area (Å²) in [6, 6.07) is 8.35. The Hall–Kier alpha value is -2.47. The first kappa shape index (κ1) is 24.2. The lowest BCUT2D eigenvalue weighted by Crippen LogP contribution is -2.37. The Morgan fingerprint density at radius 2 is 1.84 bits per heavy atom. The monoisotopic (exact) mass is 438 g/mol. The molecular weight excluding hydrogens is 400 g/mol. The largest absolute Gasteiger partial charge is 0.359 e. The van der Waals surface area contributed by atoms with Gasteiger partial charge < -0.3 is 14.8 Å². The summed E-state index contributed by atoms with van der Waals surface area (Å²) in [4.78, 5) is 33.4. The van der Waals surface area contributed by atoms with Crippen molar-refractivity contribution >= 4 is 11.7 Å². The Kier molecular flexibility index (Phi) is 7.23. The summed E-state index contributed by atoms with van der Waals surface area (Å²) in [6.45, 7) is 12.9. The van der Waals surface area contributed by atoms with E-state index in [2.05, 4.69) is 53.9 Å². The van der Waals surface area contributed by atoms with Crippen LogP contribution in [0.1, 0.15) is 75.1 Å². The smallest absolute Gasteiger partial charge is 0.223 e. The van der Waals surface area contributed by atoms with Crippen molar-refractivity contribution in [1.29, 1.82) is 0 Å². The maximum Gasteiger partial charge on any atom is 0.223 e. The predicted molar refractivity (Wildman–Crippen MR) is 129 cm³/mol. The normalized spacial score (nSPS) is 15.9. The first-order valence-corrected chi connectivity index (χ1v) is 11.7. The fraction of sp³-hybridized carbons (Fsp3) is 0.577. The highest BCUT2D eigenvalue weighted by Gasteiger charge is 2.35. The zero-order valence-electron chi connectivity index (χ0n) is 20.7. The SMILES string of the molecule is CNC(=O)[C@@H](CC(=O)c1nc(-c2ccccc2C(C)C)n2c1CN(C)CCC2)C(C)(C)C. The number of benzene rings is 1. The quantitative estimate of drug-likeness (QED) is 0.675. The van der Waals surface area contributed by atoms with Crippen molar-refractivity contribution in [1.82, 2.24) is 19.8 Å². The van der Waals surface area contributed by atoms with Crippen LogP contribution in [0, 0.1) is 11.3 Å². The molecule has 32 heavy (non-hydrogen) atoms. The lowest BCUT2D eigenvalue weighted by Gasteiger charge is -2.28. The lowest BCUT2D eigenvalue weighted by molar-refractivity contribution is -0.127. The fourth-order valence-corrected chi connectivity index (χ4v) is 4.60. The number of carbonyl (C=O) groups excluding carboxylic acids is 2. The van der Waals surface area contributed by atoms with E-state index >= 15 is 0 Å². The molecule has 1 aromatic heterocycles. The number of imidazole rings is 1. The highest BCUT2D eigenvalue weighted by molar-refractivity contribution is 5.99. The molecule has 3 rings (SSSR count). The van der Waals surface area contributed by atoms with Crippen LogP contribution in [-0.4, -0.2) is 46.8 Å². The molecule has 6 heteroatoms. The van der Waals surface area contributed by atoms with Crippen LogP contribution in [0.2, 0.25) is 0 Å². The van der Waals surface area contributed by atoms with Crippen LogP contribution in [-0.2, 0) is 17.9 Å². The molecule has 0 fully saturated rings. The van der Waals surface area contributed by atoms with E-state index in [0.717, 1.165) is 36.6 Å². The van der Waals surface area contributed by atoms with Gasteiger partial charge >= 0.3 is 0 Å². The van der Waals surface area contributed by atoms with Gasteiger partial charge in [0.05, 0.1) is 11.6 Å². The highest BCUT2D eigenvalue weighted by atomic mass is 16.2.